The molecular weight excluding hydrogens is 449 g/mol. The number of carbonyl (C=O) groups excluding carboxylic acids is 3. The summed E-state index contributed by atoms with van der Waals surface area (Å²) in [6.45, 7) is 0.458. The zero-order valence-corrected chi connectivity index (χ0v) is 20.5. The first kappa shape index (κ1) is 28.7. The number of benzene rings is 1. The van der Waals surface area contributed by atoms with Crippen molar-refractivity contribution in [2.24, 2.45) is 0 Å². The number of aliphatic hydroxyl groups excluding tert-OH is 3. The number of rotatable bonds is 9. The van der Waals surface area contributed by atoms with Crippen molar-refractivity contribution in [2.75, 3.05) is 13.7 Å². The Morgan fingerprint density at radius 2 is 1.82 bits per heavy atom. The SMILES string of the molecule is COc1ccc(CNC(=O)N[C@H]2C=C(C(=O)[O-])O[C@@H]([C@H](O)[C@H](O)CO)[C@@H]2NC(C)=O)cc1.[Na+]. The molecule has 12 nitrogen and oxygen atoms in total. The predicted octanol–water partition coefficient (Wildman–Crippen LogP) is -5.88. The minimum absolute atomic E-state index is 0. The summed E-state index contributed by atoms with van der Waals surface area (Å²) in [6, 6.07) is 3.89. The summed E-state index contributed by atoms with van der Waals surface area (Å²) in [5, 5.41) is 48.1. The van der Waals surface area contributed by atoms with Crippen molar-refractivity contribution in [1.82, 2.24) is 16.0 Å². The van der Waals surface area contributed by atoms with Gasteiger partial charge in [0.1, 0.15) is 35.8 Å². The van der Waals surface area contributed by atoms with Crippen molar-refractivity contribution in [3.05, 3.63) is 41.7 Å². The Balaban J connectivity index is 0.00000544. The number of hydrogen-bond donors (Lipinski definition) is 6. The zero-order chi connectivity index (χ0) is 23.8. The van der Waals surface area contributed by atoms with Crippen LogP contribution in [0.4, 0.5) is 4.79 Å². The molecule has 0 saturated heterocycles. The molecule has 6 N–H and O–H groups in total. The third kappa shape index (κ3) is 8.18. The molecule has 0 spiro atoms. The van der Waals surface area contributed by atoms with Crippen molar-refractivity contribution in [2.45, 2.75) is 43.9 Å². The first-order valence-corrected chi connectivity index (χ1v) is 9.67. The van der Waals surface area contributed by atoms with E-state index in [1.165, 1.54) is 14.0 Å². The molecule has 1 aliphatic rings. The summed E-state index contributed by atoms with van der Waals surface area (Å²) in [4.78, 5) is 35.5. The molecular formula is C20H26N3NaO9. The van der Waals surface area contributed by atoms with Gasteiger partial charge in [0, 0.05) is 13.5 Å². The average molecular weight is 475 g/mol. The summed E-state index contributed by atoms with van der Waals surface area (Å²) in [6.07, 6.45) is -3.98. The van der Waals surface area contributed by atoms with Crippen LogP contribution in [-0.4, -0.2) is 77.3 Å². The third-order valence-electron chi connectivity index (χ3n) is 4.73. The minimum Gasteiger partial charge on any atom is -0.542 e. The molecule has 0 aliphatic carbocycles. The van der Waals surface area contributed by atoms with E-state index in [4.69, 9.17) is 14.6 Å². The van der Waals surface area contributed by atoms with Gasteiger partial charge in [-0.25, -0.2) is 4.79 Å². The van der Waals surface area contributed by atoms with Crippen molar-refractivity contribution >= 4 is 17.9 Å². The Bertz CT molecular complexity index is 850. The van der Waals surface area contributed by atoms with Crippen molar-refractivity contribution in [3.63, 3.8) is 0 Å². The van der Waals surface area contributed by atoms with Crippen molar-refractivity contribution in [3.8, 4) is 5.75 Å². The monoisotopic (exact) mass is 475 g/mol. The van der Waals surface area contributed by atoms with Crippen molar-refractivity contribution < 1.29 is 73.8 Å². The molecule has 1 heterocycles. The van der Waals surface area contributed by atoms with Gasteiger partial charge in [0.2, 0.25) is 5.91 Å². The molecule has 0 fully saturated rings. The van der Waals surface area contributed by atoms with Crippen LogP contribution < -0.4 is 55.4 Å². The zero-order valence-electron chi connectivity index (χ0n) is 18.5. The molecule has 176 valence electrons. The maximum atomic E-state index is 12.4. The van der Waals surface area contributed by atoms with E-state index in [0.29, 0.717) is 5.75 Å². The number of aliphatic hydroxyl groups is 3. The van der Waals surface area contributed by atoms with E-state index in [1.54, 1.807) is 24.3 Å². The van der Waals surface area contributed by atoms with Gasteiger partial charge in [0.25, 0.3) is 0 Å². The minimum atomic E-state index is -1.79. The number of hydrogen-bond acceptors (Lipinski definition) is 9. The van der Waals surface area contributed by atoms with E-state index in [0.717, 1.165) is 11.6 Å². The van der Waals surface area contributed by atoms with E-state index in [2.05, 4.69) is 16.0 Å². The maximum absolute atomic E-state index is 12.4. The second kappa shape index (κ2) is 13.4. The molecule has 0 saturated carbocycles. The summed E-state index contributed by atoms with van der Waals surface area (Å²) in [5.74, 6) is -2.35. The fourth-order valence-electron chi connectivity index (χ4n) is 3.12. The first-order valence-electron chi connectivity index (χ1n) is 9.67. The van der Waals surface area contributed by atoms with Gasteiger partial charge in [-0.15, -0.1) is 0 Å². The number of nitrogens with one attached hydrogen (secondary N) is 3. The van der Waals surface area contributed by atoms with E-state index >= 15 is 0 Å². The van der Waals surface area contributed by atoms with E-state index < -0.39 is 60.7 Å². The van der Waals surface area contributed by atoms with Crippen LogP contribution in [0.15, 0.2) is 36.1 Å². The van der Waals surface area contributed by atoms with Crippen LogP contribution in [0.1, 0.15) is 12.5 Å². The number of carboxylic acids is 1. The molecule has 1 aromatic carbocycles. The Morgan fingerprint density at radius 1 is 1.18 bits per heavy atom. The van der Waals surface area contributed by atoms with Crippen LogP contribution in [0, 0.1) is 0 Å². The van der Waals surface area contributed by atoms with Gasteiger partial charge in [-0.3, -0.25) is 4.79 Å². The van der Waals surface area contributed by atoms with E-state index in [1.807, 2.05) is 0 Å². The number of aliphatic carboxylic acids is 1. The molecule has 0 aromatic heterocycles. The second-order valence-corrected chi connectivity index (χ2v) is 7.07. The van der Waals surface area contributed by atoms with E-state index in [9.17, 15) is 29.7 Å². The molecule has 5 atom stereocenters. The molecule has 0 bridgehead atoms. The summed E-state index contributed by atoms with van der Waals surface area (Å²) < 4.78 is 10.3. The smallest absolute Gasteiger partial charge is 0.542 e. The van der Waals surface area contributed by atoms with Gasteiger partial charge in [0.15, 0.2) is 0 Å². The number of methoxy groups -OCH3 is 1. The number of amides is 3. The second-order valence-electron chi connectivity index (χ2n) is 7.07. The standard InChI is InChI=1S/C20H27N3O9.Na/c1-10(25)22-16-13(7-15(19(28)29)32-18(16)17(27)14(26)9-24)23-20(30)21-8-11-3-5-12(31-2)6-4-11;/h3-7,13-14,16-18,24,26-27H,8-9H2,1-2H3,(H,22,25)(H,28,29)(H2,21,23,30);/q;+1/p-1/t13-,14+,16+,17+,18+;/m0./s1. The number of carbonyl (C=O) groups is 3. The first-order chi connectivity index (χ1) is 15.2. The molecule has 1 aromatic rings. The van der Waals surface area contributed by atoms with E-state index in [-0.39, 0.29) is 36.1 Å². The Kier molecular flexibility index (Phi) is 11.6. The molecule has 2 rings (SSSR count). The maximum Gasteiger partial charge on any atom is 1.00 e. The molecule has 0 radical (unpaired) electrons. The molecule has 0 unspecified atom stereocenters. The topological polar surface area (TPSA) is 190 Å². The average Bonchev–Trinajstić information content (AvgIpc) is 2.77. The summed E-state index contributed by atoms with van der Waals surface area (Å²) >= 11 is 0. The normalized spacial score (nSPS) is 21.2. The van der Waals surface area contributed by atoms with Crippen LogP contribution in [0.25, 0.3) is 0 Å². The van der Waals surface area contributed by atoms with Gasteiger partial charge in [-0.2, -0.15) is 0 Å². The molecule has 13 heteroatoms. The largest absolute Gasteiger partial charge is 1.00 e. The van der Waals surface area contributed by atoms with Gasteiger partial charge >= 0.3 is 35.6 Å². The Morgan fingerprint density at radius 3 is 2.33 bits per heavy atom. The van der Waals surface area contributed by atoms with Crippen LogP contribution in [0.3, 0.4) is 0 Å². The Labute approximate surface area is 212 Å². The summed E-state index contributed by atoms with van der Waals surface area (Å²) in [5.41, 5.74) is 0.761. The van der Waals surface area contributed by atoms with Crippen LogP contribution in [0.2, 0.25) is 0 Å². The van der Waals surface area contributed by atoms with Gasteiger partial charge in [0.05, 0.1) is 25.8 Å². The van der Waals surface area contributed by atoms with Crippen LogP contribution >= 0.6 is 0 Å². The van der Waals surface area contributed by atoms with Crippen LogP contribution in [0.5, 0.6) is 5.75 Å². The Hall–Kier alpha value is -2.35. The van der Waals surface area contributed by atoms with Gasteiger partial charge in [-0.05, 0) is 23.8 Å². The van der Waals surface area contributed by atoms with Crippen LogP contribution in [-0.2, 0) is 20.9 Å². The fraction of sp³-hybridized carbons (Fsp3) is 0.450. The fourth-order valence-corrected chi connectivity index (χ4v) is 3.12. The third-order valence-corrected chi connectivity index (χ3v) is 4.73. The van der Waals surface area contributed by atoms with Crippen molar-refractivity contribution in [1.29, 1.82) is 0 Å². The number of ether oxygens (including phenoxy) is 2. The molecule has 33 heavy (non-hydrogen) atoms. The quantitative estimate of drug-likeness (QED) is 0.189. The predicted molar refractivity (Wildman–Crippen MR) is 107 cm³/mol. The molecule has 1 aliphatic heterocycles. The summed E-state index contributed by atoms with van der Waals surface area (Å²) in [7, 11) is 1.53. The number of urea groups is 1. The van der Waals surface area contributed by atoms with Gasteiger partial charge < -0.3 is 50.6 Å². The number of carboxylic acid groups (broad SMARTS) is 1. The molecule has 3 amide bonds. The van der Waals surface area contributed by atoms with Gasteiger partial charge in [-0.1, -0.05) is 12.1 Å².